The maximum absolute atomic E-state index is 12.1. The zero-order valence-electron chi connectivity index (χ0n) is 12.0. The third-order valence-corrected chi connectivity index (χ3v) is 5.96. The number of nitrogens with one attached hydrogen (secondary N) is 2. The van der Waals surface area contributed by atoms with Crippen molar-refractivity contribution in [1.29, 1.82) is 0 Å². The highest BCUT2D eigenvalue weighted by Crippen LogP contribution is 2.24. The van der Waals surface area contributed by atoms with Crippen molar-refractivity contribution in [3.8, 4) is 0 Å². The summed E-state index contributed by atoms with van der Waals surface area (Å²) in [6, 6.07) is 0.825. The maximum Gasteiger partial charge on any atom is 0.211 e. The third kappa shape index (κ3) is 5.40. The summed E-state index contributed by atoms with van der Waals surface area (Å²) in [6.07, 6.45) is 9.31. The number of piperidine rings is 1. The highest BCUT2D eigenvalue weighted by Gasteiger charge is 2.23. The molecular weight excluding hydrogens is 260 g/mol. The molecular formula is C14H28N2O2S. The molecule has 0 bridgehead atoms. The van der Waals surface area contributed by atoms with Gasteiger partial charge in [-0.1, -0.05) is 25.7 Å². The maximum atomic E-state index is 12.1. The third-order valence-electron chi connectivity index (χ3n) is 4.44. The zero-order chi connectivity index (χ0) is 13.7. The Labute approximate surface area is 117 Å². The van der Waals surface area contributed by atoms with Crippen molar-refractivity contribution in [2.75, 3.05) is 12.3 Å². The normalized spacial score (nSPS) is 30.4. The van der Waals surface area contributed by atoms with Crippen LogP contribution in [0.25, 0.3) is 0 Å². The lowest BCUT2D eigenvalue weighted by atomic mass is 9.91. The first-order valence-electron chi connectivity index (χ1n) is 7.78. The second-order valence-corrected chi connectivity index (χ2v) is 8.18. The minimum Gasteiger partial charge on any atom is -0.310 e. The molecule has 1 heterocycles. The Balaban J connectivity index is 1.73. The number of sulfonamides is 1. The van der Waals surface area contributed by atoms with Crippen molar-refractivity contribution in [2.24, 2.45) is 5.92 Å². The molecule has 0 aromatic heterocycles. The van der Waals surface area contributed by atoms with Crippen LogP contribution in [0, 0.1) is 5.92 Å². The van der Waals surface area contributed by atoms with E-state index in [0.717, 1.165) is 19.3 Å². The summed E-state index contributed by atoms with van der Waals surface area (Å²) in [6.45, 7) is 2.72. The van der Waals surface area contributed by atoms with E-state index in [-0.39, 0.29) is 0 Å². The van der Waals surface area contributed by atoms with Crippen LogP contribution in [0.2, 0.25) is 0 Å². The van der Waals surface area contributed by atoms with Gasteiger partial charge in [0.15, 0.2) is 0 Å². The van der Waals surface area contributed by atoms with Gasteiger partial charge in [0.2, 0.25) is 10.0 Å². The van der Waals surface area contributed by atoms with E-state index in [1.54, 1.807) is 0 Å². The van der Waals surface area contributed by atoms with Gasteiger partial charge in [0, 0.05) is 18.6 Å². The van der Waals surface area contributed by atoms with E-state index in [9.17, 15) is 8.42 Å². The molecule has 2 N–H and O–H groups in total. The summed E-state index contributed by atoms with van der Waals surface area (Å²) in [5.41, 5.74) is 0. The SMILES string of the molecule is CC1CCCC(CNS(=O)(=O)CC2CCCCC2)N1. The van der Waals surface area contributed by atoms with Crippen LogP contribution in [-0.4, -0.2) is 32.8 Å². The van der Waals surface area contributed by atoms with Gasteiger partial charge in [0.05, 0.1) is 5.75 Å². The van der Waals surface area contributed by atoms with Gasteiger partial charge < -0.3 is 5.32 Å². The molecule has 0 aromatic carbocycles. The molecule has 2 aliphatic rings. The monoisotopic (exact) mass is 288 g/mol. The van der Waals surface area contributed by atoms with Crippen LogP contribution in [-0.2, 0) is 10.0 Å². The first kappa shape index (κ1) is 15.3. The number of hydrogen-bond acceptors (Lipinski definition) is 3. The lowest BCUT2D eigenvalue weighted by Crippen LogP contribution is -2.47. The van der Waals surface area contributed by atoms with Crippen molar-refractivity contribution in [3.05, 3.63) is 0 Å². The Morgan fingerprint density at radius 3 is 2.47 bits per heavy atom. The summed E-state index contributed by atoms with van der Waals surface area (Å²) >= 11 is 0. The van der Waals surface area contributed by atoms with Crippen molar-refractivity contribution >= 4 is 10.0 Å². The van der Waals surface area contributed by atoms with E-state index in [1.165, 1.54) is 32.1 Å². The fraction of sp³-hybridized carbons (Fsp3) is 1.00. The molecule has 2 fully saturated rings. The second kappa shape index (κ2) is 7.04. The highest BCUT2D eigenvalue weighted by molar-refractivity contribution is 7.89. The average Bonchev–Trinajstić information content (AvgIpc) is 2.37. The smallest absolute Gasteiger partial charge is 0.211 e. The Kier molecular flexibility index (Phi) is 5.66. The lowest BCUT2D eigenvalue weighted by molar-refractivity contribution is 0.333. The van der Waals surface area contributed by atoms with Gasteiger partial charge in [-0.3, -0.25) is 0 Å². The minimum atomic E-state index is -3.09. The molecule has 1 saturated carbocycles. The van der Waals surface area contributed by atoms with Gasteiger partial charge in [-0.15, -0.1) is 0 Å². The largest absolute Gasteiger partial charge is 0.310 e. The van der Waals surface area contributed by atoms with Gasteiger partial charge in [-0.2, -0.15) is 0 Å². The molecule has 2 rings (SSSR count). The summed E-state index contributed by atoms with van der Waals surface area (Å²) in [5.74, 6) is 0.708. The highest BCUT2D eigenvalue weighted by atomic mass is 32.2. The molecule has 0 aromatic rings. The molecule has 1 aliphatic carbocycles. The minimum absolute atomic E-state index is 0.310. The van der Waals surface area contributed by atoms with Crippen molar-refractivity contribution in [1.82, 2.24) is 10.0 Å². The average molecular weight is 288 g/mol. The van der Waals surface area contributed by atoms with Gasteiger partial charge >= 0.3 is 0 Å². The fourth-order valence-corrected chi connectivity index (χ4v) is 4.88. The molecule has 112 valence electrons. The molecule has 4 nitrogen and oxygen atoms in total. The van der Waals surface area contributed by atoms with Crippen molar-refractivity contribution in [2.45, 2.75) is 70.4 Å². The molecule has 0 radical (unpaired) electrons. The van der Waals surface area contributed by atoms with Crippen molar-refractivity contribution < 1.29 is 8.42 Å². The van der Waals surface area contributed by atoms with Crippen LogP contribution in [0.1, 0.15) is 58.3 Å². The summed E-state index contributed by atoms with van der Waals surface area (Å²) in [7, 11) is -3.09. The molecule has 0 amide bonds. The fourth-order valence-electron chi connectivity index (χ4n) is 3.35. The van der Waals surface area contributed by atoms with E-state index in [1.807, 2.05) is 0 Å². The molecule has 2 unspecified atom stereocenters. The van der Waals surface area contributed by atoms with E-state index < -0.39 is 10.0 Å². The first-order valence-corrected chi connectivity index (χ1v) is 9.44. The summed E-state index contributed by atoms with van der Waals surface area (Å²) in [5, 5.41) is 3.47. The van der Waals surface area contributed by atoms with Gasteiger partial charge in [-0.25, -0.2) is 13.1 Å². The van der Waals surface area contributed by atoms with Crippen molar-refractivity contribution in [3.63, 3.8) is 0 Å². The Hall–Kier alpha value is -0.130. The molecule has 5 heteroatoms. The van der Waals surface area contributed by atoms with E-state index in [4.69, 9.17) is 0 Å². The van der Waals surface area contributed by atoms with E-state index in [0.29, 0.717) is 30.3 Å². The van der Waals surface area contributed by atoms with E-state index >= 15 is 0 Å². The molecule has 19 heavy (non-hydrogen) atoms. The van der Waals surface area contributed by atoms with Gasteiger partial charge in [-0.05, 0) is 38.5 Å². The second-order valence-electron chi connectivity index (χ2n) is 6.33. The topological polar surface area (TPSA) is 58.2 Å². The predicted molar refractivity (Wildman–Crippen MR) is 78.6 cm³/mol. The standard InChI is InChI=1S/C14H28N2O2S/c1-12-6-5-9-14(16-12)10-15-19(17,18)11-13-7-3-2-4-8-13/h12-16H,2-11H2,1H3. The Morgan fingerprint density at radius 2 is 1.79 bits per heavy atom. The number of rotatable bonds is 5. The van der Waals surface area contributed by atoms with Crippen LogP contribution >= 0.6 is 0 Å². The molecule has 0 spiro atoms. The van der Waals surface area contributed by atoms with Gasteiger partial charge in [0.1, 0.15) is 0 Å². The Morgan fingerprint density at radius 1 is 1.05 bits per heavy atom. The molecule has 2 atom stereocenters. The Bertz CT molecular complexity index is 364. The summed E-state index contributed by atoms with van der Waals surface area (Å²) in [4.78, 5) is 0. The molecule has 1 aliphatic heterocycles. The zero-order valence-corrected chi connectivity index (χ0v) is 12.8. The summed E-state index contributed by atoms with van der Waals surface area (Å²) < 4.78 is 27.0. The van der Waals surface area contributed by atoms with Crippen LogP contribution in [0.15, 0.2) is 0 Å². The van der Waals surface area contributed by atoms with Crippen LogP contribution in [0.3, 0.4) is 0 Å². The van der Waals surface area contributed by atoms with Crippen LogP contribution < -0.4 is 10.0 Å². The van der Waals surface area contributed by atoms with E-state index in [2.05, 4.69) is 17.0 Å². The quantitative estimate of drug-likeness (QED) is 0.813. The predicted octanol–water partition coefficient (Wildman–Crippen LogP) is 2.02. The number of hydrogen-bond donors (Lipinski definition) is 2. The van der Waals surface area contributed by atoms with Gasteiger partial charge in [0.25, 0.3) is 0 Å². The van der Waals surface area contributed by atoms with Crippen LogP contribution in [0.4, 0.5) is 0 Å². The van der Waals surface area contributed by atoms with Crippen LogP contribution in [0.5, 0.6) is 0 Å². The lowest BCUT2D eigenvalue weighted by Gasteiger charge is -2.29. The molecule has 1 saturated heterocycles. The first-order chi connectivity index (χ1) is 9.05.